The molecule has 0 spiro atoms. The zero-order valence-electron chi connectivity index (χ0n) is 10.5. The van der Waals surface area contributed by atoms with E-state index in [4.69, 9.17) is 5.73 Å². The van der Waals surface area contributed by atoms with Gasteiger partial charge in [0.15, 0.2) is 0 Å². The first-order valence-electron chi connectivity index (χ1n) is 6.49. The molecule has 0 aliphatic carbocycles. The second kappa shape index (κ2) is 5.50. The molecular formula is C14H21FN2. The van der Waals surface area contributed by atoms with Crippen molar-refractivity contribution in [2.75, 3.05) is 12.3 Å². The van der Waals surface area contributed by atoms with Crippen molar-refractivity contribution in [1.29, 1.82) is 0 Å². The topological polar surface area (TPSA) is 29.3 Å². The minimum Gasteiger partial charge on any atom is -0.398 e. The molecule has 0 saturated carbocycles. The molecule has 1 heterocycles. The molecule has 3 heteroatoms. The average molecular weight is 236 g/mol. The molecule has 1 aliphatic heterocycles. The summed E-state index contributed by atoms with van der Waals surface area (Å²) in [5.41, 5.74) is 7.09. The Labute approximate surface area is 103 Å². The van der Waals surface area contributed by atoms with Gasteiger partial charge in [0.25, 0.3) is 0 Å². The summed E-state index contributed by atoms with van der Waals surface area (Å²) in [6, 6.07) is 5.53. The van der Waals surface area contributed by atoms with E-state index in [1.54, 1.807) is 12.1 Å². The lowest BCUT2D eigenvalue weighted by Gasteiger charge is -2.35. The van der Waals surface area contributed by atoms with E-state index in [-0.39, 0.29) is 5.82 Å². The molecule has 0 bridgehead atoms. The van der Waals surface area contributed by atoms with Crippen LogP contribution >= 0.6 is 0 Å². The van der Waals surface area contributed by atoms with Crippen LogP contribution in [0.15, 0.2) is 18.2 Å². The van der Waals surface area contributed by atoms with Gasteiger partial charge >= 0.3 is 0 Å². The van der Waals surface area contributed by atoms with Crippen molar-refractivity contribution in [3.8, 4) is 0 Å². The first kappa shape index (κ1) is 12.4. The van der Waals surface area contributed by atoms with E-state index in [9.17, 15) is 4.39 Å². The van der Waals surface area contributed by atoms with Gasteiger partial charge in [0.2, 0.25) is 0 Å². The number of piperidine rings is 1. The van der Waals surface area contributed by atoms with E-state index >= 15 is 0 Å². The van der Waals surface area contributed by atoms with Crippen molar-refractivity contribution in [2.45, 2.75) is 45.2 Å². The van der Waals surface area contributed by atoms with Crippen LogP contribution in [0.4, 0.5) is 10.1 Å². The van der Waals surface area contributed by atoms with Crippen molar-refractivity contribution >= 4 is 5.69 Å². The maximum Gasteiger partial charge on any atom is 0.129 e. The highest BCUT2D eigenvalue weighted by molar-refractivity contribution is 5.47. The van der Waals surface area contributed by atoms with Crippen LogP contribution in [0.25, 0.3) is 0 Å². The van der Waals surface area contributed by atoms with Gasteiger partial charge in [0, 0.05) is 23.8 Å². The number of anilines is 1. The van der Waals surface area contributed by atoms with E-state index in [0.29, 0.717) is 23.8 Å². The molecule has 2 N–H and O–H groups in total. The average Bonchev–Trinajstić information content (AvgIpc) is 2.34. The molecule has 0 radical (unpaired) electrons. The fraction of sp³-hybridized carbons (Fsp3) is 0.571. The van der Waals surface area contributed by atoms with Crippen LogP contribution in [0, 0.1) is 5.82 Å². The van der Waals surface area contributed by atoms with E-state index in [1.165, 1.54) is 25.3 Å². The van der Waals surface area contributed by atoms with Crippen molar-refractivity contribution in [3.05, 3.63) is 29.6 Å². The smallest absolute Gasteiger partial charge is 0.129 e. The fourth-order valence-corrected chi connectivity index (χ4v) is 2.68. The highest BCUT2D eigenvalue weighted by atomic mass is 19.1. The fourth-order valence-electron chi connectivity index (χ4n) is 2.68. The lowest BCUT2D eigenvalue weighted by atomic mass is 9.99. The first-order valence-corrected chi connectivity index (χ1v) is 6.49. The Balaban J connectivity index is 2.13. The predicted octanol–water partition coefficient (Wildman–Crippen LogP) is 3.17. The SMILES string of the molecule is CCC1CCCCN1Cc1c(N)cccc1F. The van der Waals surface area contributed by atoms with E-state index in [0.717, 1.165) is 13.0 Å². The minimum atomic E-state index is -0.176. The summed E-state index contributed by atoms with van der Waals surface area (Å²) in [4.78, 5) is 2.37. The summed E-state index contributed by atoms with van der Waals surface area (Å²) in [6.07, 6.45) is 4.87. The number of nitrogens with two attached hydrogens (primary N) is 1. The summed E-state index contributed by atoms with van der Waals surface area (Å²) < 4.78 is 13.7. The van der Waals surface area contributed by atoms with Crippen LogP contribution in [-0.2, 0) is 6.54 Å². The zero-order valence-corrected chi connectivity index (χ0v) is 10.5. The van der Waals surface area contributed by atoms with Crippen LogP contribution in [0.5, 0.6) is 0 Å². The highest BCUT2D eigenvalue weighted by Gasteiger charge is 2.22. The van der Waals surface area contributed by atoms with Crippen molar-refractivity contribution in [1.82, 2.24) is 4.90 Å². The molecule has 17 heavy (non-hydrogen) atoms. The van der Waals surface area contributed by atoms with Gasteiger partial charge in [-0.05, 0) is 37.9 Å². The van der Waals surface area contributed by atoms with Gasteiger partial charge in [-0.25, -0.2) is 4.39 Å². The zero-order chi connectivity index (χ0) is 12.3. The number of benzene rings is 1. The summed E-state index contributed by atoms with van der Waals surface area (Å²) in [5, 5.41) is 0. The molecule has 1 atom stereocenters. The molecule has 1 aliphatic rings. The Morgan fingerprint density at radius 1 is 1.41 bits per heavy atom. The van der Waals surface area contributed by atoms with Crippen molar-refractivity contribution < 1.29 is 4.39 Å². The maximum atomic E-state index is 13.7. The summed E-state index contributed by atoms with van der Waals surface area (Å²) in [6.45, 7) is 3.91. The first-order chi connectivity index (χ1) is 8.22. The molecule has 94 valence electrons. The lowest BCUT2D eigenvalue weighted by molar-refractivity contribution is 0.135. The normalized spacial score (nSPS) is 21.6. The summed E-state index contributed by atoms with van der Waals surface area (Å²) in [7, 11) is 0. The second-order valence-corrected chi connectivity index (χ2v) is 4.84. The Morgan fingerprint density at radius 2 is 2.24 bits per heavy atom. The quantitative estimate of drug-likeness (QED) is 0.817. The Hall–Kier alpha value is -1.09. The van der Waals surface area contributed by atoms with Crippen LogP contribution in [0.1, 0.15) is 38.2 Å². The number of nitrogens with zero attached hydrogens (tertiary/aromatic N) is 1. The molecule has 0 amide bonds. The molecule has 1 unspecified atom stereocenters. The molecular weight excluding hydrogens is 215 g/mol. The Kier molecular flexibility index (Phi) is 4.00. The maximum absolute atomic E-state index is 13.7. The highest BCUT2D eigenvalue weighted by Crippen LogP contribution is 2.25. The van der Waals surface area contributed by atoms with E-state index in [1.807, 2.05) is 0 Å². The van der Waals surface area contributed by atoms with Gasteiger partial charge < -0.3 is 5.73 Å². The largest absolute Gasteiger partial charge is 0.398 e. The van der Waals surface area contributed by atoms with Gasteiger partial charge in [0.05, 0.1) is 0 Å². The number of nitrogen functional groups attached to an aromatic ring is 1. The van der Waals surface area contributed by atoms with Gasteiger partial charge in [-0.2, -0.15) is 0 Å². The second-order valence-electron chi connectivity index (χ2n) is 4.84. The standard InChI is InChI=1S/C14H21FN2/c1-2-11-6-3-4-9-17(11)10-12-13(15)7-5-8-14(12)16/h5,7-8,11H,2-4,6,9-10,16H2,1H3. The molecule has 1 aromatic carbocycles. The summed E-state index contributed by atoms with van der Waals surface area (Å²) in [5.74, 6) is -0.176. The molecule has 1 saturated heterocycles. The monoisotopic (exact) mass is 236 g/mol. The van der Waals surface area contributed by atoms with Crippen LogP contribution in [-0.4, -0.2) is 17.5 Å². The number of halogens is 1. The molecule has 2 rings (SSSR count). The lowest BCUT2D eigenvalue weighted by Crippen LogP contribution is -2.38. The number of hydrogen-bond acceptors (Lipinski definition) is 2. The Morgan fingerprint density at radius 3 is 2.94 bits per heavy atom. The predicted molar refractivity (Wildman–Crippen MR) is 69.2 cm³/mol. The van der Waals surface area contributed by atoms with Gasteiger partial charge in [0.1, 0.15) is 5.82 Å². The molecule has 2 nitrogen and oxygen atoms in total. The number of hydrogen-bond donors (Lipinski definition) is 1. The van der Waals surface area contributed by atoms with Crippen LogP contribution in [0.3, 0.4) is 0 Å². The van der Waals surface area contributed by atoms with Crippen molar-refractivity contribution in [3.63, 3.8) is 0 Å². The van der Waals surface area contributed by atoms with Crippen LogP contribution in [0.2, 0.25) is 0 Å². The minimum absolute atomic E-state index is 0.176. The van der Waals surface area contributed by atoms with Gasteiger partial charge in [-0.3, -0.25) is 4.90 Å². The number of rotatable bonds is 3. The van der Waals surface area contributed by atoms with E-state index < -0.39 is 0 Å². The summed E-state index contributed by atoms with van der Waals surface area (Å²) >= 11 is 0. The molecule has 1 fully saturated rings. The third-order valence-electron chi connectivity index (χ3n) is 3.74. The third-order valence-corrected chi connectivity index (χ3v) is 3.74. The van der Waals surface area contributed by atoms with Gasteiger partial charge in [-0.15, -0.1) is 0 Å². The molecule has 0 aromatic heterocycles. The third kappa shape index (κ3) is 2.78. The van der Waals surface area contributed by atoms with E-state index in [2.05, 4.69) is 11.8 Å². The van der Waals surface area contributed by atoms with Gasteiger partial charge in [-0.1, -0.05) is 19.4 Å². The van der Waals surface area contributed by atoms with Crippen LogP contribution < -0.4 is 5.73 Å². The number of likely N-dealkylation sites (tertiary alicyclic amines) is 1. The molecule has 1 aromatic rings. The Bertz CT molecular complexity index is 358. The van der Waals surface area contributed by atoms with Crippen molar-refractivity contribution in [2.24, 2.45) is 0 Å².